The molecule has 0 fully saturated rings. The summed E-state index contributed by atoms with van der Waals surface area (Å²) in [5.41, 5.74) is 18.2. The molecule has 1 aliphatic heterocycles. The van der Waals surface area contributed by atoms with Crippen molar-refractivity contribution in [1.82, 2.24) is 16.5 Å². The molecular weight excluding hydrogens is 194 g/mol. The predicted molar refractivity (Wildman–Crippen MR) is 55.2 cm³/mol. The van der Waals surface area contributed by atoms with Crippen LogP contribution in [-0.2, 0) is 6.54 Å². The molecule has 0 saturated heterocycles. The maximum absolute atomic E-state index is 8.17. The van der Waals surface area contributed by atoms with Gasteiger partial charge in [-0.15, -0.1) is 10.6 Å². The Hall–Kier alpha value is -2.24. The SMILES string of the molecule is [N-]=[N+]=NCc1ccc(C2=NNNN2)cc1. The lowest BCUT2D eigenvalue weighted by Crippen LogP contribution is -2.35. The molecule has 1 aliphatic rings. The number of nitrogens with zero attached hydrogens (tertiary/aromatic N) is 4. The maximum atomic E-state index is 8.17. The fourth-order valence-electron chi connectivity index (χ4n) is 1.22. The second-order valence-electron chi connectivity index (χ2n) is 2.91. The molecule has 0 atom stereocenters. The van der Waals surface area contributed by atoms with E-state index < -0.39 is 0 Å². The molecule has 0 aromatic heterocycles. The summed E-state index contributed by atoms with van der Waals surface area (Å²) in [5.74, 6) is 0.727. The summed E-state index contributed by atoms with van der Waals surface area (Å²) < 4.78 is 0. The second kappa shape index (κ2) is 4.32. The predicted octanol–water partition coefficient (Wildman–Crippen LogP) is 0.771. The Morgan fingerprint density at radius 2 is 2.13 bits per heavy atom. The van der Waals surface area contributed by atoms with Crippen molar-refractivity contribution in [3.63, 3.8) is 0 Å². The van der Waals surface area contributed by atoms with Gasteiger partial charge in [0.15, 0.2) is 5.84 Å². The molecule has 0 spiro atoms. The summed E-state index contributed by atoms with van der Waals surface area (Å²) >= 11 is 0. The van der Waals surface area contributed by atoms with Gasteiger partial charge < -0.3 is 0 Å². The Bertz CT molecular complexity index is 415. The van der Waals surface area contributed by atoms with Gasteiger partial charge in [0, 0.05) is 10.5 Å². The Balaban J connectivity index is 2.12. The summed E-state index contributed by atoms with van der Waals surface area (Å²) in [6.45, 7) is 0.368. The lowest BCUT2D eigenvalue weighted by molar-refractivity contribution is 0.577. The van der Waals surface area contributed by atoms with E-state index in [0.29, 0.717) is 6.54 Å². The van der Waals surface area contributed by atoms with E-state index in [2.05, 4.69) is 31.6 Å². The highest BCUT2D eigenvalue weighted by Gasteiger charge is 2.06. The zero-order valence-electron chi connectivity index (χ0n) is 7.81. The van der Waals surface area contributed by atoms with Gasteiger partial charge in [-0.3, -0.25) is 5.43 Å². The molecule has 0 saturated carbocycles. The van der Waals surface area contributed by atoms with Crippen molar-refractivity contribution < 1.29 is 0 Å². The van der Waals surface area contributed by atoms with E-state index in [4.69, 9.17) is 5.53 Å². The molecule has 1 aromatic carbocycles. The summed E-state index contributed by atoms with van der Waals surface area (Å²) in [6.07, 6.45) is 0. The largest absolute Gasteiger partial charge is 0.285 e. The molecule has 76 valence electrons. The van der Waals surface area contributed by atoms with Gasteiger partial charge in [0.05, 0.1) is 6.54 Å². The van der Waals surface area contributed by atoms with Gasteiger partial charge in [-0.2, -0.15) is 0 Å². The molecule has 1 heterocycles. The van der Waals surface area contributed by atoms with Crippen molar-refractivity contribution in [2.24, 2.45) is 10.2 Å². The number of hydrazone groups is 1. The van der Waals surface area contributed by atoms with Crippen LogP contribution in [0.4, 0.5) is 0 Å². The van der Waals surface area contributed by atoms with Crippen molar-refractivity contribution in [2.45, 2.75) is 6.54 Å². The number of azide groups is 1. The average Bonchev–Trinajstić information content (AvgIpc) is 2.80. The van der Waals surface area contributed by atoms with Crippen LogP contribution in [0, 0.1) is 0 Å². The van der Waals surface area contributed by atoms with Crippen molar-refractivity contribution in [1.29, 1.82) is 0 Å². The summed E-state index contributed by atoms with van der Waals surface area (Å²) in [7, 11) is 0. The van der Waals surface area contributed by atoms with E-state index in [9.17, 15) is 0 Å². The van der Waals surface area contributed by atoms with E-state index in [1.165, 1.54) is 0 Å². The zero-order valence-corrected chi connectivity index (χ0v) is 7.81. The fourth-order valence-corrected chi connectivity index (χ4v) is 1.22. The number of nitrogens with one attached hydrogen (secondary N) is 3. The average molecular weight is 203 g/mol. The number of benzene rings is 1. The van der Waals surface area contributed by atoms with Crippen LogP contribution in [0.15, 0.2) is 34.5 Å². The van der Waals surface area contributed by atoms with Gasteiger partial charge in [0.1, 0.15) is 0 Å². The van der Waals surface area contributed by atoms with E-state index >= 15 is 0 Å². The first-order valence-corrected chi connectivity index (χ1v) is 4.34. The lowest BCUT2D eigenvalue weighted by Gasteiger charge is -2.01. The highest BCUT2D eigenvalue weighted by atomic mass is 15.8. The topological polar surface area (TPSA) is 97.2 Å². The molecule has 0 bridgehead atoms. The van der Waals surface area contributed by atoms with Crippen LogP contribution in [0.25, 0.3) is 10.4 Å². The van der Waals surface area contributed by atoms with Crippen LogP contribution in [-0.4, -0.2) is 5.84 Å². The smallest absolute Gasteiger partial charge is 0.170 e. The highest BCUT2D eigenvalue weighted by molar-refractivity contribution is 5.98. The minimum Gasteiger partial charge on any atom is -0.285 e. The standard InChI is InChI=1S/C8H9N7/c9-13-10-5-6-1-3-7(4-2-6)8-11-14-15-12-8/h1-4,14-15H,5H2,(H,11,12). The van der Waals surface area contributed by atoms with Crippen molar-refractivity contribution in [2.75, 3.05) is 0 Å². The maximum Gasteiger partial charge on any atom is 0.170 e. The number of hydrogen-bond donors (Lipinski definition) is 3. The fraction of sp³-hybridized carbons (Fsp3) is 0.125. The van der Waals surface area contributed by atoms with Crippen LogP contribution in [0.1, 0.15) is 11.1 Å². The molecule has 3 N–H and O–H groups in total. The molecule has 2 rings (SSSR count). The first-order chi connectivity index (χ1) is 7.40. The molecule has 0 amide bonds. The quantitative estimate of drug-likeness (QED) is 0.384. The third kappa shape index (κ3) is 2.16. The molecule has 7 heteroatoms. The summed E-state index contributed by atoms with van der Waals surface area (Å²) in [5, 5.41) is 7.44. The molecule has 15 heavy (non-hydrogen) atoms. The van der Waals surface area contributed by atoms with Gasteiger partial charge in [-0.05, 0) is 11.1 Å². The number of rotatable bonds is 3. The molecular formula is C8H9N7. The summed E-state index contributed by atoms with van der Waals surface area (Å²) in [6, 6.07) is 7.60. The van der Waals surface area contributed by atoms with Gasteiger partial charge in [-0.25, -0.2) is 5.53 Å². The van der Waals surface area contributed by atoms with Crippen LogP contribution in [0.5, 0.6) is 0 Å². The first-order valence-electron chi connectivity index (χ1n) is 4.34. The van der Waals surface area contributed by atoms with Gasteiger partial charge in [0.2, 0.25) is 0 Å². The van der Waals surface area contributed by atoms with Gasteiger partial charge >= 0.3 is 0 Å². The van der Waals surface area contributed by atoms with Crippen molar-refractivity contribution in [3.05, 3.63) is 45.8 Å². The number of hydrazine groups is 2. The van der Waals surface area contributed by atoms with E-state index in [1.807, 2.05) is 24.3 Å². The minimum atomic E-state index is 0.368. The van der Waals surface area contributed by atoms with Crippen molar-refractivity contribution >= 4 is 5.84 Å². The Morgan fingerprint density at radius 3 is 2.73 bits per heavy atom. The lowest BCUT2D eigenvalue weighted by atomic mass is 10.1. The van der Waals surface area contributed by atoms with Crippen LogP contribution in [0.3, 0.4) is 0 Å². The molecule has 7 nitrogen and oxygen atoms in total. The Labute approximate surface area is 85.7 Å². The van der Waals surface area contributed by atoms with E-state index in [0.717, 1.165) is 17.0 Å². The van der Waals surface area contributed by atoms with Crippen LogP contribution >= 0.6 is 0 Å². The molecule has 0 unspecified atom stereocenters. The van der Waals surface area contributed by atoms with Crippen molar-refractivity contribution in [3.8, 4) is 0 Å². The first kappa shape index (κ1) is 9.32. The third-order valence-electron chi connectivity index (χ3n) is 1.95. The van der Waals surface area contributed by atoms with E-state index in [-0.39, 0.29) is 0 Å². The third-order valence-corrected chi connectivity index (χ3v) is 1.95. The van der Waals surface area contributed by atoms with Gasteiger partial charge in [-0.1, -0.05) is 29.4 Å². The second-order valence-corrected chi connectivity index (χ2v) is 2.91. The van der Waals surface area contributed by atoms with Crippen LogP contribution in [0.2, 0.25) is 0 Å². The summed E-state index contributed by atoms with van der Waals surface area (Å²) in [4.78, 5) is 2.70. The monoisotopic (exact) mass is 203 g/mol. The zero-order chi connectivity index (χ0) is 10.5. The molecule has 1 aromatic rings. The minimum absolute atomic E-state index is 0.368. The van der Waals surface area contributed by atoms with Crippen LogP contribution < -0.4 is 16.5 Å². The number of hydrogen-bond acceptors (Lipinski definition) is 5. The van der Waals surface area contributed by atoms with Gasteiger partial charge in [0.25, 0.3) is 0 Å². The Kier molecular flexibility index (Phi) is 2.68. The Morgan fingerprint density at radius 1 is 1.33 bits per heavy atom. The molecule has 0 aliphatic carbocycles. The van der Waals surface area contributed by atoms with E-state index in [1.54, 1.807) is 0 Å². The molecule has 0 radical (unpaired) electrons. The normalized spacial score (nSPS) is 13.5. The highest BCUT2D eigenvalue weighted by Crippen LogP contribution is 2.06. The number of amidine groups is 1.